The molecule has 2 atom stereocenters. The number of carbonyl (C=O) groups excluding carboxylic acids is 1. The number of hydrogen-bond acceptors (Lipinski definition) is 7. The Morgan fingerprint density at radius 1 is 1.03 bits per heavy atom. The Bertz CT molecular complexity index is 1160. The van der Waals surface area contributed by atoms with Crippen LogP contribution in [0.2, 0.25) is 0 Å². The fourth-order valence-corrected chi connectivity index (χ4v) is 3.54. The van der Waals surface area contributed by atoms with E-state index in [-0.39, 0.29) is 42.0 Å². The van der Waals surface area contributed by atoms with Gasteiger partial charge >= 0.3 is 29.6 Å². The molecular formula is C25H25F2N4NaO4. The molecule has 0 bridgehead atoms. The van der Waals surface area contributed by atoms with Gasteiger partial charge in [-0.1, -0.05) is 36.4 Å². The van der Waals surface area contributed by atoms with Crippen LogP contribution in [0.4, 0.5) is 8.78 Å². The molecule has 1 aromatic heterocycles. The molecule has 0 radical (unpaired) electrons. The molecule has 184 valence electrons. The fraction of sp³-hybridized carbons (Fsp3) is 0.280. The summed E-state index contributed by atoms with van der Waals surface area (Å²) < 4.78 is 29.0. The molecule has 11 heteroatoms. The maximum atomic E-state index is 13.7. The van der Waals surface area contributed by atoms with E-state index >= 15 is 0 Å². The fourth-order valence-electron chi connectivity index (χ4n) is 3.54. The molecule has 0 unspecified atom stereocenters. The second kappa shape index (κ2) is 13.5. The van der Waals surface area contributed by atoms with Gasteiger partial charge in [-0.25, -0.2) is 13.5 Å². The van der Waals surface area contributed by atoms with E-state index in [1.165, 1.54) is 30.3 Å². The first kappa shape index (κ1) is 29.5. The third-order valence-corrected chi connectivity index (χ3v) is 5.16. The number of aliphatic hydroxyl groups is 2. The van der Waals surface area contributed by atoms with E-state index in [4.69, 9.17) is 0 Å². The van der Waals surface area contributed by atoms with Gasteiger partial charge < -0.3 is 20.1 Å². The molecule has 8 nitrogen and oxygen atoms in total. The molecule has 3 rings (SSSR count). The Kier molecular flexibility index (Phi) is 11.1. The topological polar surface area (TPSA) is 124 Å². The van der Waals surface area contributed by atoms with E-state index in [0.717, 1.165) is 0 Å². The molecule has 0 aliphatic carbocycles. The second-order valence-corrected chi connectivity index (χ2v) is 8.24. The standard InChI is InChI=1S/C25H26F2N4O4.Na/c1-15(2)31-25(28-29-30-31)22(12-11-20(32)13-21(33)14-23(34)35)24(16-3-7-18(26)8-4-16)17-5-9-19(27)10-6-17;/h3-12,15,20-21,32-33H,13-14H2,1-2H3,(H,34,35);/q;+1/p-1/b12-11+;/t20-,21-;/m1./s1. The number of tetrazole rings is 1. The zero-order valence-corrected chi connectivity index (χ0v) is 22.2. The van der Waals surface area contributed by atoms with Crippen LogP contribution in [0.5, 0.6) is 0 Å². The van der Waals surface area contributed by atoms with Crippen LogP contribution in [0.25, 0.3) is 11.1 Å². The number of halogens is 2. The maximum absolute atomic E-state index is 13.7. The summed E-state index contributed by atoms with van der Waals surface area (Å²) in [6, 6.07) is 11.3. The molecule has 0 saturated heterocycles. The number of aromatic nitrogens is 4. The van der Waals surface area contributed by atoms with Gasteiger partial charge in [-0.3, -0.25) is 0 Å². The number of carboxylic acids is 1. The number of aliphatic carboxylic acids is 1. The first-order chi connectivity index (χ1) is 16.7. The summed E-state index contributed by atoms with van der Waals surface area (Å²) in [4.78, 5) is 10.7. The Balaban J connectivity index is 0.00000456. The van der Waals surface area contributed by atoms with Gasteiger partial charge in [0.15, 0.2) is 5.82 Å². The molecule has 0 amide bonds. The molecule has 3 aromatic rings. The summed E-state index contributed by atoms with van der Waals surface area (Å²) in [5.41, 5.74) is 2.15. The van der Waals surface area contributed by atoms with Crippen molar-refractivity contribution in [1.82, 2.24) is 20.2 Å². The SMILES string of the molecule is CC(C)n1nnnc1C(/C=C/[C@@H](O)C[C@@H](O)CC(=O)[O-])=C(c1ccc(F)cc1)c1ccc(F)cc1.[Na+]. The molecule has 0 aliphatic heterocycles. The van der Waals surface area contributed by atoms with Crippen LogP contribution in [-0.2, 0) is 4.79 Å². The first-order valence-corrected chi connectivity index (χ1v) is 10.9. The van der Waals surface area contributed by atoms with Crippen molar-refractivity contribution in [3.8, 4) is 0 Å². The zero-order chi connectivity index (χ0) is 25.5. The van der Waals surface area contributed by atoms with E-state index in [1.54, 1.807) is 35.0 Å². The second-order valence-electron chi connectivity index (χ2n) is 8.24. The quantitative estimate of drug-likeness (QED) is 0.275. The van der Waals surface area contributed by atoms with E-state index < -0.39 is 36.2 Å². The average Bonchev–Trinajstić information content (AvgIpc) is 3.28. The molecule has 0 aliphatic rings. The Hall–Kier alpha value is -2.76. The predicted octanol–water partition coefficient (Wildman–Crippen LogP) is -0.697. The number of aliphatic hydroxyl groups excluding tert-OH is 2. The Morgan fingerprint density at radius 3 is 2.03 bits per heavy atom. The van der Waals surface area contributed by atoms with E-state index in [0.29, 0.717) is 28.1 Å². The van der Waals surface area contributed by atoms with Gasteiger partial charge in [0, 0.05) is 24.4 Å². The van der Waals surface area contributed by atoms with Crippen molar-refractivity contribution >= 4 is 17.1 Å². The van der Waals surface area contributed by atoms with Crippen molar-refractivity contribution in [1.29, 1.82) is 0 Å². The predicted molar refractivity (Wildman–Crippen MR) is 122 cm³/mol. The molecule has 0 fully saturated rings. The van der Waals surface area contributed by atoms with Gasteiger partial charge in [-0.2, -0.15) is 0 Å². The van der Waals surface area contributed by atoms with Crippen LogP contribution >= 0.6 is 0 Å². The van der Waals surface area contributed by atoms with Crippen LogP contribution < -0.4 is 34.7 Å². The van der Waals surface area contributed by atoms with Crippen LogP contribution in [0.3, 0.4) is 0 Å². The smallest absolute Gasteiger partial charge is 0.550 e. The van der Waals surface area contributed by atoms with Crippen molar-refractivity contribution in [2.24, 2.45) is 0 Å². The number of nitrogens with zero attached hydrogens (tertiary/aromatic N) is 4. The summed E-state index contributed by atoms with van der Waals surface area (Å²) in [7, 11) is 0. The number of carboxylic acid groups (broad SMARTS) is 1. The van der Waals surface area contributed by atoms with Gasteiger partial charge in [-0.05, 0) is 65.2 Å². The van der Waals surface area contributed by atoms with Gasteiger partial charge in [0.1, 0.15) is 11.6 Å². The van der Waals surface area contributed by atoms with Crippen LogP contribution in [0.1, 0.15) is 49.7 Å². The van der Waals surface area contributed by atoms with Crippen molar-refractivity contribution in [2.75, 3.05) is 0 Å². The van der Waals surface area contributed by atoms with Gasteiger partial charge in [0.25, 0.3) is 0 Å². The molecule has 2 N–H and O–H groups in total. The monoisotopic (exact) mass is 506 g/mol. The third-order valence-electron chi connectivity index (χ3n) is 5.16. The Morgan fingerprint density at radius 2 is 1.56 bits per heavy atom. The van der Waals surface area contributed by atoms with Crippen molar-refractivity contribution in [3.63, 3.8) is 0 Å². The van der Waals surface area contributed by atoms with E-state index in [9.17, 15) is 28.9 Å². The van der Waals surface area contributed by atoms with Crippen LogP contribution in [-0.4, -0.2) is 48.6 Å². The van der Waals surface area contributed by atoms with Gasteiger partial charge in [-0.15, -0.1) is 5.10 Å². The molecule has 1 heterocycles. The molecule has 2 aromatic carbocycles. The van der Waals surface area contributed by atoms with E-state index in [2.05, 4.69) is 15.5 Å². The number of hydrogen-bond donors (Lipinski definition) is 2. The summed E-state index contributed by atoms with van der Waals surface area (Å²) in [5.74, 6) is -1.97. The minimum Gasteiger partial charge on any atom is -0.550 e. The summed E-state index contributed by atoms with van der Waals surface area (Å²) >= 11 is 0. The van der Waals surface area contributed by atoms with Crippen molar-refractivity contribution < 1.29 is 58.5 Å². The minimum atomic E-state index is -1.43. The van der Waals surface area contributed by atoms with Crippen LogP contribution in [0.15, 0.2) is 60.7 Å². The summed E-state index contributed by atoms with van der Waals surface area (Å²) in [5, 5.41) is 42.9. The first-order valence-electron chi connectivity index (χ1n) is 10.9. The number of rotatable bonds is 10. The van der Waals surface area contributed by atoms with Gasteiger partial charge in [0.05, 0.1) is 18.2 Å². The normalized spacial score (nSPS) is 12.9. The summed E-state index contributed by atoms with van der Waals surface area (Å²) in [6.45, 7) is 3.75. The number of carbonyl (C=O) groups is 1. The van der Waals surface area contributed by atoms with Gasteiger partial charge in [0.2, 0.25) is 0 Å². The largest absolute Gasteiger partial charge is 1.00 e. The average molecular weight is 506 g/mol. The summed E-state index contributed by atoms with van der Waals surface area (Å²) in [6.07, 6.45) is -0.444. The third kappa shape index (κ3) is 7.87. The number of benzene rings is 2. The van der Waals surface area contributed by atoms with E-state index in [1.807, 2.05) is 13.8 Å². The molecule has 0 spiro atoms. The maximum Gasteiger partial charge on any atom is 1.00 e. The number of allylic oxidation sites excluding steroid dienone is 2. The minimum absolute atomic E-state index is 0. The van der Waals surface area contributed by atoms with Crippen LogP contribution in [0, 0.1) is 11.6 Å². The zero-order valence-electron chi connectivity index (χ0n) is 20.2. The van der Waals surface area contributed by atoms with Crippen molar-refractivity contribution in [2.45, 2.75) is 44.9 Å². The Labute approximate surface area is 229 Å². The molecular weight excluding hydrogens is 481 g/mol. The van der Waals surface area contributed by atoms with Crippen molar-refractivity contribution in [3.05, 3.63) is 89.3 Å². The molecule has 0 saturated carbocycles. The molecule has 36 heavy (non-hydrogen) atoms.